The number of anilines is 1. The molecule has 0 saturated heterocycles. The molecule has 0 unspecified atom stereocenters. The lowest BCUT2D eigenvalue weighted by molar-refractivity contribution is -0.113. The number of amides is 1. The summed E-state index contributed by atoms with van der Waals surface area (Å²) in [7, 11) is 0. The maximum atomic E-state index is 12.6. The maximum Gasteiger partial charge on any atom is 0.270 e. The highest BCUT2D eigenvalue weighted by atomic mass is 35.5. The monoisotopic (exact) mass is 365 g/mol. The van der Waals surface area contributed by atoms with Crippen LogP contribution in [0.3, 0.4) is 0 Å². The van der Waals surface area contributed by atoms with Crippen molar-refractivity contribution in [2.75, 3.05) is 11.1 Å². The van der Waals surface area contributed by atoms with Crippen LogP contribution in [0, 0.1) is 0 Å². The van der Waals surface area contributed by atoms with Crippen molar-refractivity contribution in [2.24, 2.45) is 0 Å². The average Bonchev–Trinajstić information content (AvgIpc) is 2.75. The topological polar surface area (TPSA) is 66.9 Å². The Balaban J connectivity index is 2.11. The molecule has 2 N–H and O–H groups in total. The third-order valence-electron chi connectivity index (χ3n) is 4.18. The normalized spacial score (nSPS) is 18.6. The van der Waals surface area contributed by atoms with E-state index < -0.39 is 0 Å². The van der Waals surface area contributed by atoms with Crippen LogP contribution >= 0.6 is 23.4 Å². The molecule has 0 fully saturated rings. The van der Waals surface area contributed by atoms with Gasteiger partial charge >= 0.3 is 0 Å². The molecule has 2 atom stereocenters. The second-order valence-corrected chi connectivity index (χ2v) is 7.53. The molecule has 7 heteroatoms. The van der Waals surface area contributed by atoms with E-state index in [-0.39, 0.29) is 22.8 Å². The summed E-state index contributed by atoms with van der Waals surface area (Å²) in [6, 6.07) is 7.54. The summed E-state index contributed by atoms with van der Waals surface area (Å²) in [6.07, 6.45) is 1.92. The Morgan fingerprint density at radius 2 is 2.04 bits per heavy atom. The molecule has 24 heavy (non-hydrogen) atoms. The number of aromatic amines is 1. The van der Waals surface area contributed by atoms with Crippen molar-refractivity contribution >= 4 is 35.1 Å². The lowest BCUT2D eigenvalue weighted by Crippen LogP contribution is -2.18. The van der Waals surface area contributed by atoms with E-state index >= 15 is 0 Å². The number of nitrogens with zero attached hydrogens (tertiary/aromatic N) is 1. The maximum absolute atomic E-state index is 12.6. The van der Waals surface area contributed by atoms with E-state index in [9.17, 15) is 9.59 Å². The van der Waals surface area contributed by atoms with E-state index in [0.29, 0.717) is 22.2 Å². The van der Waals surface area contributed by atoms with E-state index in [0.717, 1.165) is 18.4 Å². The van der Waals surface area contributed by atoms with E-state index in [1.54, 1.807) is 4.68 Å². The van der Waals surface area contributed by atoms with Gasteiger partial charge in [-0.1, -0.05) is 37.1 Å². The number of H-pyrrole nitrogens is 1. The zero-order valence-electron chi connectivity index (χ0n) is 13.6. The molecule has 1 aliphatic rings. The van der Waals surface area contributed by atoms with E-state index in [2.05, 4.69) is 17.3 Å². The van der Waals surface area contributed by atoms with Gasteiger partial charge < -0.3 is 5.32 Å². The van der Waals surface area contributed by atoms with Crippen molar-refractivity contribution in [3.05, 3.63) is 50.8 Å². The lowest BCUT2D eigenvalue weighted by Gasteiger charge is -2.17. The minimum absolute atomic E-state index is 0.0887. The zero-order chi connectivity index (χ0) is 17.3. The van der Waals surface area contributed by atoms with Crippen LogP contribution in [0.25, 0.3) is 0 Å². The molecule has 0 radical (unpaired) electrons. The van der Waals surface area contributed by atoms with Crippen molar-refractivity contribution in [2.45, 2.75) is 38.0 Å². The smallest absolute Gasteiger partial charge is 0.270 e. The van der Waals surface area contributed by atoms with Gasteiger partial charge in [0.15, 0.2) is 0 Å². The van der Waals surface area contributed by atoms with Crippen LogP contribution < -0.4 is 10.9 Å². The van der Waals surface area contributed by atoms with Crippen LogP contribution in [0.2, 0.25) is 5.02 Å². The Kier molecular flexibility index (Phi) is 5.06. The molecule has 128 valence electrons. The van der Waals surface area contributed by atoms with Crippen LogP contribution in [0.5, 0.6) is 0 Å². The molecular formula is C17H20ClN3O2S. The molecule has 1 aromatic carbocycles. The lowest BCUT2D eigenvalue weighted by atomic mass is 10.1. The number of aromatic nitrogens is 2. The van der Waals surface area contributed by atoms with Crippen molar-refractivity contribution in [3.63, 3.8) is 0 Å². The van der Waals surface area contributed by atoms with Gasteiger partial charge in [0.05, 0.1) is 16.6 Å². The number of thioether (sulfide) groups is 1. The number of halogens is 1. The predicted octanol–water partition coefficient (Wildman–Crippen LogP) is 3.97. The number of benzene rings is 1. The van der Waals surface area contributed by atoms with Crippen molar-refractivity contribution in [1.82, 2.24) is 9.78 Å². The summed E-state index contributed by atoms with van der Waals surface area (Å²) in [5, 5.41) is 6.26. The minimum Gasteiger partial charge on any atom is -0.310 e. The average molecular weight is 366 g/mol. The molecule has 5 nitrogen and oxygen atoms in total. The SMILES string of the molecule is CCC[C@H](C)n1[nH]c(=O)c2c1NC(=O)CS[C@H]2c1ccc(Cl)cc1. The highest BCUT2D eigenvalue weighted by Crippen LogP contribution is 2.40. The molecule has 0 aliphatic carbocycles. The fourth-order valence-electron chi connectivity index (χ4n) is 3.02. The molecule has 1 aliphatic heterocycles. The summed E-state index contributed by atoms with van der Waals surface area (Å²) < 4.78 is 1.80. The van der Waals surface area contributed by atoms with Gasteiger partial charge in [0.25, 0.3) is 5.56 Å². The first-order valence-corrected chi connectivity index (χ1v) is 9.45. The first kappa shape index (κ1) is 17.2. The number of carbonyl (C=O) groups is 1. The fourth-order valence-corrected chi connectivity index (χ4v) is 4.27. The molecule has 0 bridgehead atoms. The summed E-state index contributed by atoms with van der Waals surface area (Å²) in [5.74, 6) is 0.814. The summed E-state index contributed by atoms with van der Waals surface area (Å²) in [6.45, 7) is 4.14. The number of rotatable bonds is 4. The number of carbonyl (C=O) groups excluding carboxylic acids is 1. The van der Waals surface area contributed by atoms with Crippen molar-refractivity contribution in [1.29, 1.82) is 0 Å². The summed E-state index contributed by atoms with van der Waals surface area (Å²) in [5.41, 5.74) is 1.42. The molecule has 2 aromatic rings. The molecule has 0 spiro atoms. The Labute approximate surface area is 149 Å². The van der Waals surface area contributed by atoms with Gasteiger partial charge in [0, 0.05) is 11.1 Å². The summed E-state index contributed by atoms with van der Waals surface area (Å²) >= 11 is 7.43. The minimum atomic E-state index is -0.199. The molecule has 3 rings (SSSR count). The Morgan fingerprint density at radius 1 is 1.33 bits per heavy atom. The quantitative estimate of drug-likeness (QED) is 0.861. The molecule has 1 amide bonds. The second-order valence-electron chi connectivity index (χ2n) is 6.00. The number of nitrogens with one attached hydrogen (secondary N) is 2. The third kappa shape index (κ3) is 3.26. The van der Waals surface area contributed by atoms with E-state index in [1.165, 1.54) is 11.8 Å². The number of hydrogen-bond donors (Lipinski definition) is 2. The van der Waals surface area contributed by atoms with Crippen molar-refractivity contribution < 1.29 is 4.79 Å². The zero-order valence-corrected chi connectivity index (χ0v) is 15.2. The van der Waals surface area contributed by atoms with Crippen molar-refractivity contribution in [3.8, 4) is 0 Å². The molecule has 0 saturated carbocycles. The highest BCUT2D eigenvalue weighted by Gasteiger charge is 2.31. The molecule has 1 aromatic heterocycles. The van der Waals surface area contributed by atoms with Gasteiger partial charge in [-0.15, -0.1) is 11.8 Å². The Bertz CT molecular complexity index is 797. The molecular weight excluding hydrogens is 346 g/mol. The van der Waals surface area contributed by atoms with Crippen LogP contribution in [0.4, 0.5) is 5.82 Å². The van der Waals surface area contributed by atoms with Crippen LogP contribution in [-0.4, -0.2) is 21.4 Å². The summed E-state index contributed by atoms with van der Waals surface area (Å²) in [4.78, 5) is 24.8. The van der Waals surface area contributed by atoms with Gasteiger partial charge in [-0.05, 0) is 31.0 Å². The largest absolute Gasteiger partial charge is 0.310 e. The van der Waals surface area contributed by atoms with E-state index in [4.69, 9.17) is 11.6 Å². The van der Waals surface area contributed by atoms with Crippen LogP contribution in [-0.2, 0) is 4.79 Å². The van der Waals surface area contributed by atoms with Gasteiger partial charge in [-0.25, -0.2) is 0 Å². The Hall–Kier alpha value is -1.66. The standard InChI is InChI=1S/C17H20ClN3O2S/c1-3-4-10(2)21-16-14(17(23)20-21)15(24-9-13(22)19-16)11-5-7-12(18)8-6-11/h5-8,10,15H,3-4,9H2,1-2H3,(H,19,22)(H,20,23)/t10-,15-/m0/s1. The molecule has 2 heterocycles. The Morgan fingerprint density at radius 3 is 2.71 bits per heavy atom. The fraction of sp³-hybridized carbons (Fsp3) is 0.412. The van der Waals surface area contributed by atoms with Gasteiger partial charge in [-0.2, -0.15) is 0 Å². The van der Waals surface area contributed by atoms with Gasteiger partial charge in [0.1, 0.15) is 5.82 Å². The van der Waals surface area contributed by atoms with Gasteiger partial charge in [-0.3, -0.25) is 19.4 Å². The highest BCUT2D eigenvalue weighted by molar-refractivity contribution is 8.00. The first-order valence-electron chi connectivity index (χ1n) is 8.02. The van der Waals surface area contributed by atoms with Crippen LogP contribution in [0.1, 0.15) is 49.1 Å². The van der Waals surface area contributed by atoms with E-state index in [1.807, 2.05) is 31.2 Å². The van der Waals surface area contributed by atoms with Gasteiger partial charge in [0.2, 0.25) is 5.91 Å². The van der Waals surface area contributed by atoms with Crippen LogP contribution in [0.15, 0.2) is 29.1 Å². The second kappa shape index (κ2) is 7.07. The predicted molar refractivity (Wildman–Crippen MR) is 99.1 cm³/mol. The number of hydrogen-bond acceptors (Lipinski definition) is 3. The first-order chi connectivity index (χ1) is 11.5. The number of fused-ring (bicyclic) bond motifs is 1. The third-order valence-corrected chi connectivity index (χ3v) is 5.71.